The van der Waals surface area contributed by atoms with E-state index in [-0.39, 0.29) is 17.3 Å². The van der Waals surface area contributed by atoms with Crippen LogP contribution in [0.3, 0.4) is 0 Å². The highest BCUT2D eigenvalue weighted by atomic mass is 16.6. The van der Waals surface area contributed by atoms with Crippen LogP contribution in [0, 0.1) is 10.1 Å². The fourth-order valence-electron chi connectivity index (χ4n) is 3.19. The van der Waals surface area contributed by atoms with Crippen molar-refractivity contribution in [3.8, 4) is 11.5 Å². The summed E-state index contributed by atoms with van der Waals surface area (Å²) in [6.45, 7) is 4.21. The smallest absolute Gasteiger partial charge is 0.353 e. The van der Waals surface area contributed by atoms with Crippen LogP contribution in [0.15, 0.2) is 85.2 Å². The maximum atomic E-state index is 11.8. The second-order valence-electron chi connectivity index (χ2n) is 7.64. The van der Waals surface area contributed by atoms with E-state index in [1.165, 1.54) is 11.9 Å². The van der Waals surface area contributed by atoms with Gasteiger partial charge in [0.15, 0.2) is 0 Å². The number of rotatable bonds is 8. The van der Waals surface area contributed by atoms with E-state index in [4.69, 9.17) is 4.74 Å². The molecule has 1 heterocycles. The standard InChI is InChI=1S/C25H23N5O3/c1-17(2)18-8-10-19(11-9-18)28-24-23(30(31)32)25(27-16-26-24)29-20-12-14-22(15-13-20)33-21-6-4-3-5-7-21/h3-17H,1-2H3,(H2,26,27,28,29). The number of aromatic nitrogens is 2. The number of hydrogen-bond donors (Lipinski definition) is 2. The summed E-state index contributed by atoms with van der Waals surface area (Å²) >= 11 is 0. The van der Waals surface area contributed by atoms with Crippen molar-refractivity contribution in [3.63, 3.8) is 0 Å². The van der Waals surface area contributed by atoms with Crippen LogP contribution in [0.2, 0.25) is 0 Å². The Labute approximate surface area is 191 Å². The summed E-state index contributed by atoms with van der Waals surface area (Å²) in [7, 11) is 0. The molecule has 0 spiro atoms. The molecule has 2 N–H and O–H groups in total. The maximum absolute atomic E-state index is 11.8. The Bertz CT molecular complexity index is 1230. The minimum Gasteiger partial charge on any atom is -0.457 e. The first-order chi connectivity index (χ1) is 16.0. The molecular formula is C25H23N5O3. The van der Waals surface area contributed by atoms with Crippen molar-refractivity contribution < 1.29 is 9.66 Å². The van der Waals surface area contributed by atoms with Crippen molar-refractivity contribution >= 4 is 28.7 Å². The first-order valence-electron chi connectivity index (χ1n) is 10.5. The predicted molar refractivity (Wildman–Crippen MR) is 129 cm³/mol. The quantitative estimate of drug-likeness (QED) is 0.229. The number of para-hydroxylation sites is 1. The van der Waals surface area contributed by atoms with Gasteiger partial charge in [-0.3, -0.25) is 10.1 Å². The summed E-state index contributed by atoms with van der Waals surface area (Å²) in [5.41, 5.74) is 2.27. The zero-order chi connectivity index (χ0) is 23.2. The Morgan fingerprint density at radius 1 is 0.788 bits per heavy atom. The van der Waals surface area contributed by atoms with Gasteiger partial charge in [0.25, 0.3) is 0 Å². The van der Waals surface area contributed by atoms with Gasteiger partial charge in [0.1, 0.15) is 17.8 Å². The van der Waals surface area contributed by atoms with E-state index in [0.29, 0.717) is 23.0 Å². The highest BCUT2D eigenvalue weighted by molar-refractivity contribution is 5.76. The fourth-order valence-corrected chi connectivity index (χ4v) is 3.19. The second kappa shape index (κ2) is 9.78. The number of nitrogens with one attached hydrogen (secondary N) is 2. The van der Waals surface area contributed by atoms with Gasteiger partial charge in [0.2, 0.25) is 11.6 Å². The van der Waals surface area contributed by atoms with Crippen molar-refractivity contribution in [1.82, 2.24) is 9.97 Å². The van der Waals surface area contributed by atoms with E-state index in [2.05, 4.69) is 34.4 Å². The summed E-state index contributed by atoms with van der Waals surface area (Å²) in [6, 6.07) is 24.2. The largest absolute Gasteiger partial charge is 0.457 e. The van der Waals surface area contributed by atoms with Crippen LogP contribution in [0.25, 0.3) is 0 Å². The lowest BCUT2D eigenvalue weighted by molar-refractivity contribution is -0.383. The van der Waals surface area contributed by atoms with Gasteiger partial charge in [-0.15, -0.1) is 0 Å². The number of hydrogen-bond acceptors (Lipinski definition) is 7. The summed E-state index contributed by atoms with van der Waals surface area (Å²) in [5.74, 6) is 1.97. The van der Waals surface area contributed by atoms with Crippen LogP contribution in [0.4, 0.5) is 28.7 Å². The molecule has 0 fully saturated rings. The number of nitro groups is 1. The lowest BCUT2D eigenvalue weighted by atomic mass is 10.0. The van der Waals surface area contributed by atoms with E-state index in [1.807, 2.05) is 54.6 Å². The molecule has 0 unspecified atom stereocenters. The monoisotopic (exact) mass is 441 g/mol. The van der Waals surface area contributed by atoms with E-state index in [9.17, 15) is 10.1 Å². The van der Waals surface area contributed by atoms with Gasteiger partial charge in [-0.1, -0.05) is 44.2 Å². The van der Waals surface area contributed by atoms with Crippen molar-refractivity contribution in [1.29, 1.82) is 0 Å². The fraction of sp³-hybridized carbons (Fsp3) is 0.120. The van der Waals surface area contributed by atoms with Crippen LogP contribution in [-0.4, -0.2) is 14.9 Å². The molecular weight excluding hydrogens is 418 g/mol. The maximum Gasteiger partial charge on any atom is 0.353 e. The summed E-state index contributed by atoms with van der Waals surface area (Å²) in [4.78, 5) is 19.5. The molecule has 0 amide bonds. The zero-order valence-corrected chi connectivity index (χ0v) is 18.2. The first kappa shape index (κ1) is 21.8. The SMILES string of the molecule is CC(C)c1ccc(Nc2ncnc(Nc3ccc(Oc4ccccc4)cc3)c2[N+](=O)[O-])cc1. The van der Waals surface area contributed by atoms with Gasteiger partial charge in [0, 0.05) is 11.4 Å². The van der Waals surface area contributed by atoms with Crippen LogP contribution in [-0.2, 0) is 0 Å². The van der Waals surface area contributed by atoms with E-state index in [0.717, 1.165) is 5.75 Å². The minimum absolute atomic E-state index is 0.0908. The topological polar surface area (TPSA) is 102 Å². The highest BCUT2D eigenvalue weighted by Crippen LogP contribution is 2.33. The van der Waals surface area contributed by atoms with E-state index in [1.54, 1.807) is 24.3 Å². The van der Waals surface area contributed by atoms with Crippen LogP contribution in [0.5, 0.6) is 11.5 Å². The molecule has 0 bridgehead atoms. The molecule has 0 radical (unpaired) electrons. The molecule has 0 saturated carbocycles. The van der Waals surface area contributed by atoms with Crippen molar-refractivity contribution in [2.24, 2.45) is 0 Å². The third kappa shape index (κ3) is 5.43. The molecule has 0 atom stereocenters. The molecule has 8 nitrogen and oxygen atoms in total. The van der Waals surface area contributed by atoms with Gasteiger partial charge in [-0.05, 0) is 60.0 Å². The lowest BCUT2D eigenvalue weighted by Crippen LogP contribution is -2.05. The van der Waals surface area contributed by atoms with Crippen molar-refractivity contribution in [3.05, 3.63) is 101 Å². The Kier molecular flexibility index (Phi) is 6.45. The molecule has 4 rings (SSSR count). The summed E-state index contributed by atoms with van der Waals surface area (Å²) in [5, 5.41) is 17.9. The minimum atomic E-state index is -0.500. The molecule has 0 saturated heterocycles. The van der Waals surface area contributed by atoms with Gasteiger partial charge < -0.3 is 15.4 Å². The molecule has 0 aliphatic heterocycles. The highest BCUT2D eigenvalue weighted by Gasteiger charge is 2.23. The average molecular weight is 441 g/mol. The molecule has 0 aliphatic carbocycles. The van der Waals surface area contributed by atoms with Gasteiger partial charge in [0.05, 0.1) is 4.92 Å². The van der Waals surface area contributed by atoms with E-state index >= 15 is 0 Å². The molecule has 8 heteroatoms. The van der Waals surface area contributed by atoms with Crippen LogP contribution < -0.4 is 15.4 Å². The Hall–Kier alpha value is -4.46. The van der Waals surface area contributed by atoms with E-state index < -0.39 is 4.92 Å². The molecule has 0 aliphatic rings. The van der Waals surface area contributed by atoms with Gasteiger partial charge >= 0.3 is 5.69 Å². The van der Waals surface area contributed by atoms with Crippen LogP contribution in [0.1, 0.15) is 25.3 Å². The molecule has 3 aromatic carbocycles. The normalized spacial score (nSPS) is 10.6. The van der Waals surface area contributed by atoms with Crippen molar-refractivity contribution in [2.75, 3.05) is 10.6 Å². The molecule has 1 aromatic heterocycles. The number of nitrogens with zero attached hydrogens (tertiary/aromatic N) is 3. The van der Waals surface area contributed by atoms with Gasteiger partial charge in [-0.2, -0.15) is 0 Å². The average Bonchev–Trinajstić information content (AvgIpc) is 2.81. The third-order valence-corrected chi connectivity index (χ3v) is 4.94. The Balaban J connectivity index is 1.53. The molecule has 4 aromatic rings. The first-order valence-corrected chi connectivity index (χ1v) is 10.5. The lowest BCUT2D eigenvalue weighted by Gasteiger charge is -2.12. The van der Waals surface area contributed by atoms with Crippen LogP contribution >= 0.6 is 0 Å². The summed E-state index contributed by atoms with van der Waals surface area (Å²) in [6.07, 6.45) is 1.28. The van der Waals surface area contributed by atoms with Crippen molar-refractivity contribution in [2.45, 2.75) is 19.8 Å². The summed E-state index contributed by atoms with van der Waals surface area (Å²) < 4.78 is 5.78. The molecule has 33 heavy (non-hydrogen) atoms. The number of benzene rings is 3. The second-order valence-corrected chi connectivity index (χ2v) is 7.64. The predicted octanol–water partition coefficient (Wildman–Crippen LogP) is 6.79. The van der Waals surface area contributed by atoms with Gasteiger partial charge in [-0.25, -0.2) is 9.97 Å². The number of anilines is 4. The molecule has 166 valence electrons. The zero-order valence-electron chi connectivity index (χ0n) is 18.2. The third-order valence-electron chi connectivity index (χ3n) is 4.94. The Morgan fingerprint density at radius 2 is 1.30 bits per heavy atom. The Morgan fingerprint density at radius 3 is 1.82 bits per heavy atom. The number of ether oxygens (including phenoxy) is 1.